The van der Waals surface area contributed by atoms with Gasteiger partial charge in [0.25, 0.3) is 0 Å². The number of halogens is 1. The standard InChI is InChI=1S/C18H20N6.HI/c19-18(21-9-8-15-4-2-1-3-5-15)23-13-16-6-7-17(22-12-16)24-11-10-20-14-24;/h1-7,10-12,14H,8-9,13H2,(H3,19,21,23);1H. The van der Waals surface area contributed by atoms with Crippen LogP contribution in [-0.4, -0.2) is 27.0 Å². The lowest BCUT2D eigenvalue weighted by Gasteiger charge is -2.06. The molecule has 1 aromatic carbocycles. The number of benzene rings is 1. The van der Waals surface area contributed by atoms with Crippen LogP contribution in [0.1, 0.15) is 11.1 Å². The molecule has 0 saturated carbocycles. The fourth-order valence-electron chi connectivity index (χ4n) is 2.27. The third-order valence-corrected chi connectivity index (χ3v) is 3.57. The van der Waals surface area contributed by atoms with E-state index in [1.165, 1.54) is 5.56 Å². The van der Waals surface area contributed by atoms with E-state index in [1.54, 1.807) is 18.7 Å². The molecule has 3 rings (SSSR count). The van der Waals surface area contributed by atoms with Crippen molar-refractivity contribution in [2.24, 2.45) is 10.7 Å². The molecule has 3 aromatic rings. The number of imidazole rings is 1. The first-order chi connectivity index (χ1) is 11.8. The van der Waals surface area contributed by atoms with Gasteiger partial charge in [-0.3, -0.25) is 4.57 Å². The van der Waals surface area contributed by atoms with Crippen LogP contribution in [0.15, 0.2) is 72.4 Å². The molecule has 0 aliphatic heterocycles. The Hall–Kier alpha value is -2.42. The Morgan fingerprint density at radius 1 is 1.12 bits per heavy atom. The zero-order valence-corrected chi connectivity index (χ0v) is 16.1. The minimum atomic E-state index is 0. The first-order valence-corrected chi connectivity index (χ1v) is 7.82. The zero-order valence-electron chi connectivity index (χ0n) is 13.7. The molecule has 2 aromatic heterocycles. The highest BCUT2D eigenvalue weighted by molar-refractivity contribution is 14.0. The maximum atomic E-state index is 5.90. The van der Waals surface area contributed by atoms with Crippen molar-refractivity contribution in [1.82, 2.24) is 19.9 Å². The quantitative estimate of drug-likeness (QED) is 0.345. The summed E-state index contributed by atoms with van der Waals surface area (Å²) in [4.78, 5) is 12.7. The van der Waals surface area contributed by atoms with Crippen LogP contribution < -0.4 is 11.1 Å². The van der Waals surface area contributed by atoms with Gasteiger partial charge in [0.1, 0.15) is 12.1 Å². The third-order valence-electron chi connectivity index (χ3n) is 3.57. The predicted octanol–water partition coefficient (Wildman–Crippen LogP) is 2.53. The average Bonchev–Trinajstić information content (AvgIpc) is 3.16. The highest BCUT2D eigenvalue weighted by Crippen LogP contribution is 2.06. The maximum absolute atomic E-state index is 5.90. The molecule has 25 heavy (non-hydrogen) atoms. The van der Waals surface area contributed by atoms with Gasteiger partial charge in [-0.1, -0.05) is 36.4 Å². The summed E-state index contributed by atoms with van der Waals surface area (Å²) in [5, 5.41) is 3.13. The number of nitrogens with zero attached hydrogens (tertiary/aromatic N) is 4. The molecular weight excluding hydrogens is 427 g/mol. The van der Waals surface area contributed by atoms with E-state index < -0.39 is 0 Å². The Balaban J connectivity index is 0.00000225. The predicted molar refractivity (Wildman–Crippen MR) is 110 cm³/mol. The summed E-state index contributed by atoms with van der Waals surface area (Å²) in [5.74, 6) is 1.28. The normalized spacial score (nSPS) is 11.0. The molecule has 0 radical (unpaired) electrons. The van der Waals surface area contributed by atoms with Crippen molar-refractivity contribution in [3.63, 3.8) is 0 Å². The van der Waals surface area contributed by atoms with Gasteiger partial charge in [0.05, 0.1) is 6.54 Å². The van der Waals surface area contributed by atoms with Crippen LogP contribution in [0, 0.1) is 0 Å². The molecule has 2 heterocycles. The van der Waals surface area contributed by atoms with E-state index in [2.05, 4.69) is 32.4 Å². The van der Waals surface area contributed by atoms with Gasteiger partial charge in [0.15, 0.2) is 5.96 Å². The molecule has 0 spiro atoms. The lowest BCUT2D eigenvalue weighted by atomic mass is 10.1. The Kier molecular flexibility index (Phi) is 7.39. The number of guanidine groups is 1. The molecular formula is C18H21IN6. The van der Waals surface area contributed by atoms with E-state index in [4.69, 9.17) is 5.73 Å². The van der Waals surface area contributed by atoms with Crippen molar-refractivity contribution in [2.45, 2.75) is 13.0 Å². The van der Waals surface area contributed by atoms with E-state index in [1.807, 2.05) is 41.1 Å². The molecule has 0 aliphatic carbocycles. The smallest absolute Gasteiger partial charge is 0.188 e. The summed E-state index contributed by atoms with van der Waals surface area (Å²) in [5.41, 5.74) is 8.18. The minimum Gasteiger partial charge on any atom is -0.370 e. The highest BCUT2D eigenvalue weighted by atomic mass is 127. The van der Waals surface area contributed by atoms with Crippen molar-refractivity contribution >= 4 is 29.9 Å². The number of nitrogens with one attached hydrogen (secondary N) is 1. The maximum Gasteiger partial charge on any atom is 0.188 e. The monoisotopic (exact) mass is 448 g/mol. The Morgan fingerprint density at radius 2 is 1.96 bits per heavy atom. The first-order valence-electron chi connectivity index (χ1n) is 7.82. The minimum absolute atomic E-state index is 0. The summed E-state index contributed by atoms with van der Waals surface area (Å²) in [6.07, 6.45) is 8.01. The topological polar surface area (TPSA) is 81.1 Å². The number of rotatable bonds is 6. The number of aliphatic imine (C=N–C) groups is 1. The van der Waals surface area contributed by atoms with E-state index in [0.29, 0.717) is 12.5 Å². The van der Waals surface area contributed by atoms with E-state index >= 15 is 0 Å². The summed E-state index contributed by atoms with van der Waals surface area (Å²) >= 11 is 0. The molecule has 0 saturated heterocycles. The largest absolute Gasteiger partial charge is 0.370 e. The average molecular weight is 448 g/mol. The number of hydrogen-bond donors (Lipinski definition) is 2. The van der Waals surface area contributed by atoms with E-state index in [9.17, 15) is 0 Å². The summed E-state index contributed by atoms with van der Waals surface area (Å²) in [6.45, 7) is 1.26. The lowest BCUT2D eigenvalue weighted by Crippen LogP contribution is -2.33. The second-order valence-electron chi connectivity index (χ2n) is 5.36. The molecule has 130 valence electrons. The lowest BCUT2D eigenvalue weighted by molar-refractivity contribution is 0.847. The summed E-state index contributed by atoms with van der Waals surface area (Å²) in [6, 6.07) is 14.2. The Bertz CT molecular complexity index is 769. The van der Waals surface area contributed by atoms with Crippen molar-refractivity contribution < 1.29 is 0 Å². The molecule has 0 aliphatic rings. The van der Waals surface area contributed by atoms with Crippen LogP contribution >= 0.6 is 24.0 Å². The highest BCUT2D eigenvalue weighted by Gasteiger charge is 1.98. The van der Waals surface area contributed by atoms with Crippen molar-refractivity contribution in [2.75, 3.05) is 6.54 Å². The zero-order chi connectivity index (χ0) is 16.6. The van der Waals surface area contributed by atoms with E-state index in [0.717, 1.165) is 24.3 Å². The third kappa shape index (κ3) is 5.86. The van der Waals surface area contributed by atoms with Crippen LogP contribution in [0.2, 0.25) is 0 Å². The fraction of sp³-hybridized carbons (Fsp3) is 0.167. The van der Waals surface area contributed by atoms with Crippen LogP contribution in [-0.2, 0) is 13.0 Å². The van der Waals surface area contributed by atoms with Gasteiger partial charge >= 0.3 is 0 Å². The number of nitrogens with two attached hydrogens (primary N) is 1. The van der Waals surface area contributed by atoms with Gasteiger partial charge in [-0.25, -0.2) is 15.0 Å². The van der Waals surface area contributed by atoms with Gasteiger partial charge < -0.3 is 11.1 Å². The van der Waals surface area contributed by atoms with Crippen LogP contribution in [0.3, 0.4) is 0 Å². The van der Waals surface area contributed by atoms with Gasteiger partial charge in [-0.05, 0) is 23.6 Å². The molecule has 7 heteroatoms. The second kappa shape index (κ2) is 9.77. The van der Waals surface area contributed by atoms with Crippen LogP contribution in [0.4, 0.5) is 0 Å². The van der Waals surface area contributed by atoms with Gasteiger partial charge in [0, 0.05) is 25.1 Å². The number of aromatic nitrogens is 3. The second-order valence-corrected chi connectivity index (χ2v) is 5.36. The molecule has 6 nitrogen and oxygen atoms in total. The van der Waals surface area contributed by atoms with Crippen molar-refractivity contribution in [1.29, 1.82) is 0 Å². The van der Waals surface area contributed by atoms with Crippen molar-refractivity contribution in [3.8, 4) is 5.82 Å². The molecule has 0 unspecified atom stereocenters. The Labute approximate surface area is 164 Å². The molecule has 0 bridgehead atoms. The summed E-state index contributed by atoms with van der Waals surface area (Å²) < 4.78 is 1.85. The molecule has 0 atom stereocenters. The SMILES string of the molecule is I.NC(=NCc1ccc(-n2ccnc2)nc1)NCCc1ccccc1. The molecule has 0 fully saturated rings. The summed E-state index contributed by atoms with van der Waals surface area (Å²) in [7, 11) is 0. The van der Waals surface area contributed by atoms with Crippen LogP contribution in [0.5, 0.6) is 0 Å². The fourth-order valence-corrected chi connectivity index (χ4v) is 2.27. The molecule has 0 amide bonds. The van der Waals surface area contributed by atoms with Gasteiger partial charge in [-0.2, -0.15) is 0 Å². The number of hydrogen-bond acceptors (Lipinski definition) is 3. The first kappa shape index (κ1) is 18.9. The number of pyridine rings is 1. The Morgan fingerprint density at radius 3 is 2.64 bits per heavy atom. The van der Waals surface area contributed by atoms with E-state index in [-0.39, 0.29) is 24.0 Å². The van der Waals surface area contributed by atoms with Gasteiger partial charge in [0.2, 0.25) is 0 Å². The van der Waals surface area contributed by atoms with Crippen LogP contribution in [0.25, 0.3) is 5.82 Å². The van der Waals surface area contributed by atoms with Gasteiger partial charge in [-0.15, -0.1) is 24.0 Å². The molecule has 3 N–H and O–H groups in total. The van der Waals surface area contributed by atoms with Crippen molar-refractivity contribution in [3.05, 3.63) is 78.5 Å².